The molecule has 2 aliphatic heterocycles. The highest BCUT2D eigenvalue weighted by Gasteiger charge is 2.31. The molecule has 156 valence electrons. The van der Waals surface area contributed by atoms with Gasteiger partial charge < -0.3 is 20.7 Å². The topological polar surface area (TPSA) is 96.6 Å². The number of nitrogens with zero attached hydrogens (tertiary/aromatic N) is 4. The molecule has 0 bridgehead atoms. The lowest BCUT2D eigenvalue weighted by Gasteiger charge is -2.27. The number of piperazine rings is 1. The minimum absolute atomic E-state index is 0.0579. The van der Waals surface area contributed by atoms with Crippen LogP contribution in [0, 0.1) is 0 Å². The minimum Gasteiger partial charge on any atom is -0.463 e. The molecule has 0 saturated carbocycles. The van der Waals surface area contributed by atoms with E-state index < -0.39 is 0 Å². The minimum atomic E-state index is 0.0579. The number of hydrogen-bond acceptors (Lipinski definition) is 7. The smallest absolute Gasteiger partial charge is 0.320 e. The SMILES string of the molecule is CCCCOc1nc(N)c2c(n1)N(CCCCCCN1CCNCC1)C(=O)C2. The number of nitrogens with one attached hydrogen (secondary N) is 1. The van der Waals surface area contributed by atoms with Crippen molar-refractivity contribution in [2.75, 3.05) is 56.5 Å². The van der Waals surface area contributed by atoms with Crippen molar-refractivity contribution in [3.05, 3.63) is 5.56 Å². The molecule has 1 aromatic heterocycles. The zero-order valence-electron chi connectivity index (χ0n) is 17.1. The van der Waals surface area contributed by atoms with Crippen LogP contribution in [-0.4, -0.2) is 66.7 Å². The number of fused-ring (bicyclic) bond motifs is 1. The fraction of sp³-hybridized carbons (Fsp3) is 0.750. The quantitative estimate of drug-likeness (QED) is 0.554. The second kappa shape index (κ2) is 10.6. The summed E-state index contributed by atoms with van der Waals surface area (Å²) in [5.41, 5.74) is 6.79. The summed E-state index contributed by atoms with van der Waals surface area (Å²) >= 11 is 0. The van der Waals surface area contributed by atoms with Gasteiger partial charge in [-0.05, 0) is 25.8 Å². The van der Waals surface area contributed by atoms with Crippen molar-refractivity contribution in [2.24, 2.45) is 0 Å². The number of ether oxygens (including phenoxy) is 1. The second-order valence-corrected chi connectivity index (χ2v) is 7.62. The van der Waals surface area contributed by atoms with Crippen LogP contribution in [0.25, 0.3) is 0 Å². The Morgan fingerprint density at radius 2 is 1.82 bits per heavy atom. The van der Waals surface area contributed by atoms with Gasteiger partial charge in [0.25, 0.3) is 0 Å². The molecule has 1 aromatic rings. The van der Waals surface area contributed by atoms with Gasteiger partial charge >= 0.3 is 6.01 Å². The Kier molecular flexibility index (Phi) is 7.85. The first kappa shape index (κ1) is 20.8. The second-order valence-electron chi connectivity index (χ2n) is 7.62. The number of anilines is 2. The Labute approximate surface area is 167 Å². The predicted molar refractivity (Wildman–Crippen MR) is 111 cm³/mol. The van der Waals surface area contributed by atoms with E-state index in [9.17, 15) is 4.79 Å². The third-order valence-corrected chi connectivity index (χ3v) is 5.43. The van der Waals surface area contributed by atoms with Crippen LogP contribution in [-0.2, 0) is 11.2 Å². The Balaban J connectivity index is 1.45. The maximum absolute atomic E-state index is 12.4. The highest BCUT2D eigenvalue weighted by molar-refractivity contribution is 6.01. The molecule has 0 radical (unpaired) electrons. The van der Waals surface area contributed by atoms with Crippen molar-refractivity contribution in [1.29, 1.82) is 0 Å². The number of carbonyl (C=O) groups is 1. The first-order valence-corrected chi connectivity index (χ1v) is 10.7. The summed E-state index contributed by atoms with van der Waals surface area (Å²) in [6.45, 7) is 9.05. The number of rotatable bonds is 11. The molecule has 0 unspecified atom stereocenters. The molecule has 3 heterocycles. The van der Waals surface area contributed by atoms with Crippen molar-refractivity contribution in [2.45, 2.75) is 51.9 Å². The van der Waals surface area contributed by atoms with E-state index in [1.807, 2.05) is 0 Å². The van der Waals surface area contributed by atoms with E-state index in [-0.39, 0.29) is 11.9 Å². The molecule has 1 saturated heterocycles. The third kappa shape index (κ3) is 5.54. The van der Waals surface area contributed by atoms with E-state index in [1.165, 1.54) is 19.4 Å². The summed E-state index contributed by atoms with van der Waals surface area (Å²) in [6.07, 6.45) is 6.77. The summed E-state index contributed by atoms with van der Waals surface area (Å²) in [5, 5.41) is 3.38. The monoisotopic (exact) mass is 390 g/mol. The highest BCUT2D eigenvalue weighted by atomic mass is 16.5. The summed E-state index contributed by atoms with van der Waals surface area (Å²) in [6, 6.07) is 0.278. The van der Waals surface area contributed by atoms with Gasteiger partial charge in [-0.3, -0.25) is 9.69 Å². The van der Waals surface area contributed by atoms with Crippen molar-refractivity contribution in [1.82, 2.24) is 20.2 Å². The molecule has 8 heteroatoms. The fourth-order valence-corrected chi connectivity index (χ4v) is 3.72. The summed E-state index contributed by atoms with van der Waals surface area (Å²) in [4.78, 5) is 25.4. The number of nitrogens with two attached hydrogens (primary N) is 1. The van der Waals surface area contributed by atoms with Crippen LogP contribution in [0.1, 0.15) is 51.0 Å². The van der Waals surface area contributed by atoms with E-state index in [4.69, 9.17) is 10.5 Å². The average Bonchev–Trinajstić information content (AvgIpc) is 3.02. The Morgan fingerprint density at radius 1 is 1.07 bits per heavy atom. The average molecular weight is 391 g/mol. The summed E-state index contributed by atoms with van der Waals surface area (Å²) in [7, 11) is 0. The predicted octanol–water partition coefficient (Wildman–Crippen LogP) is 1.59. The van der Waals surface area contributed by atoms with Gasteiger partial charge in [0.05, 0.1) is 13.0 Å². The molecule has 3 N–H and O–H groups in total. The van der Waals surface area contributed by atoms with Gasteiger partial charge in [0.1, 0.15) is 11.6 Å². The van der Waals surface area contributed by atoms with Crippen LogP contribution in [0.15, 0.2) is 0 Å². The molecule has 0 atom stereocenters. The maximum Gasteiger partial charge on any atom is 0.320 e. The largest absolute Gasteiger partial charge is 0.463 e. The number of nitrogen functional groups attached to an aromatic ring is 1. The van der Waals surface area contributed by atoms with E-state index in [0.717, 1.165) is 57.4 Å². The lowest BCUT2D eigenvalue weighted by atomic mass is 10.1. The van der Waals surface area contributed by atoms with Crippen LogP contribution in [0.4, 0.5) is 11.6 Å². The van der Waals surface area contributed by atoms with Gasteiger partial charge in [-0.2, -0.15) is 9.97 Å². The first-order valence-electron chi connectivity index (χ1n) is 10.7. The number of unbranched alkanes of at least 4 members (excludes halogenated alkanes) is 4. The molecule has 0 aliphatic carbocycles. The molecule has 0 spiro atoms. The van der Waals surface area contributed by atoms with Gasteiger partial charge in [0.15, 0.2) is 0 Å². The van der Waals surface area contributed by atoms with Gasteiger partial charge in [-0.25, -0.2) is 0 Å². The molecule has 28 heavy (non-hydrogen) atoms. The molecule has 1 amide bonds. The van der Waals surface area contributed by atoms with Gasteiger partial charge in [0.2, 0.25) is 5.91 Å². The zero-order chi connectivity index (χ0) is 19.8. The van der Waals surface area contributed by atoms with Gasteiger partial charge in [0, 0.05) is 38.3 Å². The number of aromatic nitrogens is 2. The van der Waals surface area contributed by atoms with E-state index >= 15 is 0 Å². The van der Waals surface area contributed by atoms with Crippen molar-refractivity contribution >= 4 is 17.5 Å². The first-order chi connectivity index (χ1) is 13.7. The summed E-state index contributed by atoms with van der Waals surface area (Å²) in [5.74, 6) is 1.07. The van der Waals surface area contributed by atoms with Crippen LogP contribution in [0.3, 0.4) is 0 Å². The number of hydrogen-bond donors (Lipinski definition) is 2. The summed E-state index contributed by atoms with van der Waals surface area (Å²) < 4.78 is 5.60. The fourth-order valence-electron chi connectivity index (χ4n) is 3.72. The van der Waals surface area contributed by atoms with Crippen molar-refractivity contribution < 1.29 is 9.53 Å². The van der Waals surface area contributed by atoms with Crippen molar-refractivity contribution in [3.8, 4) is 6.01 Å². The maximum atomic E-state index is 12.4. The Hall–Kier alpha value is -1.93. The molecule has 0 aromatic carbocycles. The molecule has 3 rings (SSSR count). The Bertz CT molecular complexity index is 648. The normalized spacial score (nSPS) is 17.2. The number of amides is 1. The van der Waals surface area contributed by atoms with Crippen LogP contribution < -0.4 is 20.7 Å². The molecular weight excluding hydrogens is 356 g/mol. The van der Waals surface area contributed by atoms with Crippen LogP contribution >= 0.6 is 0 Å². The standard InChI is InChI=1S/C20H34N6O2/c1-2-3-14-28-20-23-18(21)16-15-17(27)26(19(16)24-20)11-7-5-4-6-10-25-12-8-22-9-13-25/h22H,2-15H2,1H3,(H2,21,23,24). The molecular formula is C20H34N6O2. The molecule has 2 aliphatic rings. The highest BCUT2D eigenvalue weighted by Crippen LogP contribution is 2.32. The number of carbonyl (C=O) groups excluding carboxylic acids is 1. The third-order valence-electron chi connectivity index (χ3n) is 5.43. The van der Waals surface area contributed by atoms with Crippen LogP contribution in [0.2, 0.25) is 0 Å². The van der Waals surface area contributed by atoms with E-state index in [0.29, 0.717) is 31.2 Å². The Morgan fingerprint density at radius 3 is 2.57 bits per heavy atom. The van der Waals surface area contributed by atoms with Gasteiger partial charge in [-0.1, -0.05) is 26.2 Å². The lowest BCUT2D eigenvalue weighted by Crippen LogP contribution is -2.43. The van der Waals surface area contributed by atoms with E-state index in [1.54, 1.807) is 4.90 Å². The van der Waals surface area contributed by atoms with Crippen molar-refractivity contribution in [3.63, 3.8) is 0 Å². The van der Waals surface area contributed by atoms with Gasteiger partial charge in [-0.15, -0.1) is 0 Å². The van der Waals surface area contributed by atoms with E-state index in [2.05, 4.69) is 27.1 Å². The molecule has 1 fully saturated rings. The lowest BCUT2D eigenvalue weighted by molar-refractivity contribution is -0.117. The van der Waals surface area contributed by atoms with Crippen LogP contribution in [0.5, 0.6) is 6.01 Å². The zero-order valence-corrected chi connectivity index (χ0v) is 17.1. The molecule has 8 nitrogen and oxygen atoms in total.